The molecule has 1 aromatic rings. The Morgan fingerprint density at radius 3 is 2.82 bits per heavy atom. The highest BCUT2D eigenvalue weighted by Gasteiger charge is 2.35. The number of aromatic nitrogens is 2. The largest absolute Gasteiger partial charge is 0.394 e. The van der Waals surface area contributed by atoms with E-state index in [2.05, 4.69) is 9.98 Å². The van der Waals surface area contributed by atoms with E-state index in [1.807, 2.05) is 25.9 Å². The zero-order chi connectivity index (χ0) is 16.4. The van der Waals surface area contributed by atoms with Gasteiger partial charge < -0.3 is 19.8 Å². The van der Waals surface area contributed by atoms with Crippen LogP contribution < -0.4 is 5.69 Å². The number of nitrogens with zero attached hydrogens (tertiary/aromatic N) is 4. The normalized spacial score (nSPS) is 25.5. The summed E-state index contributed by atoms with van der Waals surface area (Å²) in [5.74, 6) is 1.10. The van der Waals surface area contributed by atoms with E-state index in [9.17, 15) is 9.90 Å². The summed E-state index contributed by atoms with van der Waals surface area (Å²) < 4.78 is 6.81. The topological polar surface area (TPSA) is 100 Å². The first kappa shape index (κ1) is 16.6. The Hall–Kier alpha value is -1.77. The third kappa shape index (κ3) is 3.34. The van der Waals surface area contributed by atoms with Crippen molar-refractivity contribution < 1.29 is 14.9 Å². The van der Waals surface area contributed by atoms with Crippen molar-refractivity contribution in [3.05, 3.63) is 22.2 Å². The fourth-order valence-corrected chi connectivity index (χ4v) is 2.18. The van der Waals surface area contributed by atoms with Gasteiger partial charge in [-0.3, -0.25) is 4.57 Å². The molecule has 0 radical (unpaired) electrons. The Morgan fingerprint density at radius 1 is 1.59 bits per heavy atom. The number of aliphatic hydroxyl groups excluding tert-OH is 2. The minimum atomic E-state index is -0.795. The molecule has 1 unspecified atom stereocenters. The summed E-state index contributed by atoms with van der Waals surface area (Å²) in [5, 5.41) is 18.9. The number of aryl methyl sites for hydroxylation is 1. The summed E-state index contributed by atoms with van der Waals surface area (Å²) in [6, 6.07) is 0. The van der Waals surface area contributed by atoms with Gasteiger partial charge in [0.15, 0.2) is 5.82 Å². The number of hydrogen-bond donors (Lipinski definition) is 2. The average molecular weight is 310 g/mol. The molecule has 1 aliphatic rings. The van der Waals surface area contributed by atoms with Crippen molar-refractivity contribution in [2.75, 3.05) is 20.7 Å². The molecule has 2 heterocycles. The summed E-state index contributed by atoms with van der Waals surface area (Å²) in [4.78, 5) is 22.3. The number of hydrogen-bond acceptors (Lipinski definition) is 6. The lowest BCUT2D eigenvalue weighted by Gasteiger charge is -2.16. The Kier molecular flexibility index (Phi) is 4.94. The zero-order valence-electron chi connectivity index (χ0n) is 13.2. The molecule has 0 saturated carbocycles. The van der Waals surface area contributed by atoms with Crippen molar-refractivity contribution in [2.45, 2.75) is 38.7 Å². The molecule has 0 aliphatic carbocycles. The van der Waals surface area contributed by atoms with E-state index in [-0.39, 0.29) is 13.0 Å². The van der Waals surface area contributed by atoms with Crippen LogP contribution in [0.1, 0.15) is 25.1 Å². The van der Waals surface area contributed by atoms with Gasteiger partial charge in [-0.1, -0.05) is 0 Å². The van der Waals surface area contributed by atoms with Crippen LogP contribution in [-0.2, 0) is 4.74 Å². The molecular weight excluding hydrogens is 288 g/mol. The first-order valence-electron chi connectivity index (χ1n) is 7.10. The number of ether oxygens (including phenoxy) is 1. The maximum Gasteiger partial charge on any atom is 0.351 e. The highest BCUT2D eigenvalue weighted by atomic mass is 16.5. The van der Waals surface area contributed by atoms with Crippen LogP contribution in [0, 0.1) is 6.92 Å². The van der Waals surface area contributed by atoms with Gasteiger partial charge in [0.25, 0.3) is 0 Å². The molecule has 3 atom stereocenters. The number of rotatable bonds is 3. The fourth-order valence-electron chi connectivity index (χ4n) is 2.18. The zero-order valence-corrected chi connectivity index (χ0v) is 13.2. The molecule has 122 valence electrons. The van der Waals surface area contributed by atoms with Crippen molar-refractivity contribution in [1.29, 1.82) is 0 Å². The van der Waals surface area contributed by atoms with Crippen molar-refractivity contribution in [2.24, 2.45) is 4.99 Å². The van der Waals surface area contributed by atoms with Crippen LogP contribution in [0.4, 0.5) is 5.82 Å². The predicted molar refractivity (Wildman–Crippen MR) is 81.3 cm³/mol. The van der Waals surface area contributed by atoms with Crippen LogP contribution in [-0.4, -0.2) is 63.4 Å². The van der Waals surface area contributed by atoms with Gasteiger partial charge in [-0.2, -0.15) is 4.98 Å². The monoisotopic (exact) mass is 310 g/mol. The molecular formula is C14H22N4O4. The maximum atomic E-state index is 12.2. The lowest BCUT2D eigenvalue weighted by atomic mass is 10.2. The Morgan fingerprint density at radius 2 is 2.27 bits per heavy atom. The second kappa shape index (κ2) is 6.55. The molecule has 1 aromatic heterocycles. The predicted octanol–water partition coefficient (Wildman–Crippen LogP) is -0.196. The van der Waals surface area contributed by atoms with Crippen molar-refractivity contribution in [3.8, 4) is 0 Å². The third-order valence-corrected chi connectivity index (χ3v) is 3.72. The molecule has 1 aliphatic heterocycles. The van der Waals surface area contributed by atoms with Gasteiger partial charge in [-0.15, -0.1) is 0 Å². The third-order valence-electron chi connectivity index (χ3n) is 3.72. The van der Waals surface area contributed by atoms with E-state index in [4.69, 9.17) is 9.84 Å². The molecule has 8 nitrogen and oxygen atoms in total. The van der Waals surface area contributed by atoms with Crippen molar-refractivity contribution in [3.63, 3.8) is 0 Å². The molecule has 2 N–H and O–H groups in total. The van der Waals surface area contributed by atoms with E-state index in [1.165, 1.54) is 4.57 Å². The second-order valence-electron chi connectivity index (χ2n) is 5.61. The standard InChI is InChI=1S/C14H22N4O4/c1-8-6-18(12-5-10(20)11(7-19)22-12)14(21)16-13(8)15-9(2)17(3)4/h6,10-12,19-20H,5,7H2,1-4H3/t10-,11?,12-/m1/s1. The molecule has 1 fully saturated rings. The second-order valence-corrected chi connectivity index (χ2v) is 5.61. The van der Waals surface area contributed by atoms with Gasteiger partial charge >= 0.3 is 5.69 Å². The van der Waals surface area contributed by atoms with Crippen molar-refractivity contribution in [1.82, 2.24) is 14.5 Å². The summed E-state index contributed by atoms with van der Waals surface area (Å²) in [7, 11) is 3.72. The molecule has 22 heavy (non-hydrogen) atoms. The Balaban J connectivity index is 2.32. The van der Waals surface area contributed by atoms with Crippen LogP contribution in [0.3, 0.4) is 0 Å². The van der Waals surface area contributed by atoms with E-state index < -0.39 is 24.1 Å². The van der Waals surface area contributed by atoms with E-state index in [0.717, 1.165) is 11.4 Å². The van der Waals surface area contributed by atoms with Gasteiger partial charge in [0.2, 0.25) is 0 Å². The van der Waals surface area contributed by atoms with Gasteiger partial charge in [0.1, 0.15) is 18.2 Å². The van der Waals surface area contributed by atoms with Gasteiger partial charge in [0, 0.05) is 32.3 Å². The van der Waals surface area contributed by atoms with Gasteiger partial charge in [-0.05, 0) is 13.8 Å². The van der Waals surface area contributed by atoms with Crippen LogP contribution in [0.5, 0.6) is 0 Å². The summed E-state index contributed by atoms with van der Waals surface area (Å²) in [6.45, 7) is 3.35. The smallest absolute Gasteiger partial charge is 0.351 e. The van der Waals surface area contributed by atoms with Crippen LogP contribution in [0.2, 0.25) is 0 Å². The minimum absolute atomic E-state index is 0.242. The summed E-state index contributed by atoms with van der Waals surface area (Å²) in [6.07, 6.45) is -0.236. The number of amidine groups is 1. The van der Waals surface area contributed by atoms with Crippen LogP contribution in [0.25, 0.3) is 0 Å². The summed E-state index contributed by atoms with van der Waals surface area (Å²) >= 11 is 0. The fraction of sp³-hybridized carbons (Fsp3) is 0.643. The molecule has 0 amide bonds. The van der Waals surface area contributed by atoms with Crippen LogP contribution >= 0.6 is 0 Å². The molecule has 2 rings (SSSR count). The van der Waals surface area contributed by atoms with Gasteiger partial charge in [-0.25, -0.2) is 9.79 Å². The van der Waals surface area contributed by atoms with E-state index >= 15 is 0 Å². The molecule has 1 saturated heterocycles. The SMILES string of the molecule is CC(=Nc1nc(=O)n([C@H]2C[C@@H](O)C(CO)O2)cc1C)N(C)C. The lowest BCUT2D eigenvalue weighted by molar-refractivity contribution is -0.0459. The maximum absolute atomic E-state index is 12.2. The molecule has 0 bridgehead atoms. The highest BCUT2D eigenvalue weighted by molar-refractivity contribution is 5.81. The van der Waals surface area contributed by atoms with Crippen molar-refractivity contribution >= 4 is 11.7 Å². The average Bonchev–Trinajstić information content (AvgIpc) is 2.83. The van der Waals surface area contributed by atoms with E-state index in [0.29, 0.717) is 5.82 Å². The lowest BCUT2D eigenvalue weighted by Crippen LogP contribution is -2.28. The number of aliphatic imine (C=N–C) groups is 1. The molecule has 0 aromatic carbocycles. The van der Waals surface area contributed by atoms with E-state index in [1.54, 1.807) is 13.1 Å². The highest BCUT2D eigenvalue weighted by Crippen LogP contribution is 2.28. The number of aliphatic hydroxyl groups is 2. The van der Waals surface area contributed by atoms with Gasteiger partial charge in [0.05, 0.1) is 12.7 Å². The first-order chi connectivity index (χ1) is 10.3. The first-order valence-corrected chi connectivity index (χ1v) is 7.10. The minimum Gasteiger partial charge on any atom is -0.394 e. The Labute approximate surface area is 128 Å². The Bertz CT molecular complexity index is 626. The molecule has 0 spiro atoms. The quantitative estimate of drug-likeness (QED) is 0.592. The summed E-state index contributed by atoms with van der Waals surface area (Å²) in [5.41, 5.74) is 0.234. The van der Waals surface area contributed by atoms with Crippen LogP contribution in [0.15, 0.2) is 16.0 Å². The molecule has 8 heteroatoms.